The van der Waals surface area contributed by atoms with Gasteiger partial charge in [0.2, 0.25) is 0 Å². The van der Waals surface area contributed by atoms with Gasteiger partial charge in [-0.25, -0.2) is 5.43 Å². The standard InChI is InChI=1S/C21H22N4O3/c1-3-27-17-10-7-9-15(12-17)18-13-19(24-23-18)21(26)25-22-14-16-8-5-6-11-20(16)28-4-2/h5-14H,3-4H2,1-2H3,(H,23,24)(H,25,26)/b22-14+. The van der Waals surface area contributed by atoms with Gasteiger partial charge in [-0.2, -0.15) is 10.2 Å². The van der Waals surface area contributed by atoms with Crippen molar-refractivity contribution in [2.24, 2.45) is 5.10 Å². The molecular formula is C21H22N4O3. The van der Waals surface area contributed by atoms with E-state index in [1.54, 1.807) is 12.3 Å². The average molecular weight is 378 g/mol. The smallest absolute Gasteiger partial charge is 0.289 e. The number of carbonyl (C=O) groups excluding carboxylic acids is 1. The van der Waals surface area contributed by atoms with Crippen LogP contribution in [-0.4, -0.2) is 35.5 Å². The summed E-state index contributed by atoms with van der Waals surface area (Å²) in [5, 5.41) is 10.9. The summed E-state index contributed by atoms with van der Waals surface area (Å²) < 4.78 is 11.0. The van der Waals surface area contributed by atoms with Crippen molar-refractivity contribution in [2.45, 2.75) is 13.8 Å². The fraction of sp³-hybridized carbons (Fsp3) is 0.190. The molecule has 1 aromatic heterocycles. The molecule has 0 saturated carbocycles. The first-order chi connectivity index (χ1) is 13.7. The number of amides is 1. The molecule has 144 valence electrons. The Morgan fingerprint density at radius 3 is 2.75 bits per heavy atom. The van der Waals surface area contributed by atoms with Gasteiger partial charge < -0.3 is 9.47 Å². The molecule has 0 bridgehead atoms. The summed E-state index contributed by atoms with van der Waals surface area (Å²) >= 11 is 0. The van der Waals surface area contributed by atoms with Crippen LogP contribution in [0.3, 0.4) is 0 Å². The Kier molecular flexibility index (Phi) is 6.41. The molecule has 7 nitrogen and oxygen atoms in total. The van der Waals surface area contributed by atoms with Crippen LogP contribution in [0.2, 0.25) is 0 Å². The van der Waals surface area contributed by atoms with Gasteiger partial charge in [-0.3, -0.25) is 9.89 Å². The third kappa shape index (κ3) is 4.76. The lowest BCUT2D eigenvalue weighted by Gasteiger charge is -2.05. The van der Waals surface area contributed by atoms with Gasteiger partial charge >= 0.3 is 0 Å². The number of H-pyrrole nitrogens is 1. The van der Waals surface area contributed by atoms with Gasteiger partial charge in [-0.15, -0.1) is 0 Å². The van der Waals surface area contributed by atoms with Gasteiger partial charge in [0.15, 0.2) is 0 Å². The van der Waals surface area contributed by atoms with Crippen molar-refractivity contribution >= 4 is 12.1 Å². The first-order valence-electron chi connectivity index (χ1n) is 9.05. The van der Waals surface area contributed by atoms with Crippen LogP contribution in [0.15, 0.2) is 59.7 Å². The van der Waals surface area contributed by atoms with Crippen LogP contribution in [0, 0.1) is 0 Å². The molecule has 0 saturated heterocycles. The highest BCUT2D eigenvalue weighted by Gasteiger charge is 2.11. The second-order valence-corrected chi connectivity index (χ2v) is 5.80. The molecular weight excluding hydrogens is 356 g/mol. The van der Waals surface area contributed by atoms with Crippen molar-refractivity contribution in [3.63, 3.8) is 0 Å². The highest BCUT2D eigenvalue weighted by molar-refractivity contribution is 5.94. The molecule has 0 aliphatic heterocycles. The maximum absolute atomic E-state index is 12.3. The maximum atomic E-state index is 12.3. The molecule has 0 aliphatic rings. The van der Waals surface area contributed by atoms with Gasteiger partial charge in [0, 0.05) is 11.1 Å². The van der Waals surface area contributed by atoms with Gasteiger partial charge in [0.05, 0.1) is 25.1 Å². The Bertz CT molecular complexity index is 966. The third-order valence-corrected chi connectivity index (χ3v) is 3.85. The zero-order valence-corrected chi connectivity index (χ0v) is 15.8. The quantitative estimate of drug-likeness (QED) is 0.463. The minimum absolute atomic E-state index is 0.312. The van der Waals surface area contributed by atoms with Crippen LogP contribution < -0.4 is 14.9 Å². The van der Waals surface area contributed by atoms with Crippen molar-refractivity contribution in [1.82, 2.24) is 15.6 Å². The molecule has 2 aromatic carbocycles. The van der Waals surface area contributed by atoms with Gasteiger partial charge in [0.1, 0.15) is 17.2 Å². The minimum atomic E-state index is -0.384. The Morgan fingerprint density at radius 2 is 1.93 bits per heavy atom. The SMILES string of the molecule is CCOc1cccc(-c2cc(C(=O)N/N=C/c3ccccc3OCC)[nH]n2)c1. The molecule has 0 aliphatic carbocycles. The predicted octanol–water partition coefficient (Wildman–Crippen LogP) is 3.64. The van der Waals surface area contributed by atoms with Gasteiger partial charge in [0.25, 0.3) is 5.91 Å². The number of rotatable bonds is 8. The number of hydrogen-bond acceptors (Lipinski definition) is 5. The van der Waals surface area contributed by atoms with E-state index in [9.17, 15) is 4.79 Å². The zero-order chi connectivity index (χ0) is 19.8. The molecule has 1 heterocycles. The first kappa shape index (κ1) is 19.2. The number of hydrazone groups is 1. The predicted molar refractivity (Wildman–Crippen MR) is 108 cm³/mol. The summed E-state index contributed by atoms with van der Waals surface area (Å²) in [7, 11) is 0. The Balaban J connectivity index is 1.67. The molecule has 3 aromatic rings. The highest BCUT2D eigenvalue weighted by atomic mass is 16.5. The van der Waals surface area contributed by atoms with E-state index in [-0.39, 0.29) is 5.91 Å². The number of para-hydroxylation sites is 1. The van der Waals surface area contributed by atoms with E-state index in [4.69, 9.17) is 9.47 Å². The number of benzene rings is 2. The molecule has 2 N–H and O–H groups in total. The van der Waals surface area contributed by atoms with Crippen LogP contribution >= 0.6 is 0 Å². The van der Waals surface area contributed by atoms with E-state index in [0.29, 0.717) is 30.4 Å². The lowest BCUT2D eigenvalue weighted by molar-refractivity contribution is 0.0950. The molecule has 0 fully saturated rings. The van der Waals surface area contributed by atoms with Crippen LogP contribution in [0.4, 0.5) is 0 Å². The Hall–Kier alpha value is -3.61. The van der Waals surface area contributed by atoms with Crippen molar-refractivity contribution in [1.29, 1.82) is 0 Å². The van der Waals surface area contributed by atoms with E-state index in [0.717, 1.165) is 16.9 Å². The first-order valence-corrected chi connectivity index (χ1v) is 9.05. The summed E-state index contributed by atoms with van der Waals surface area (Å²) in [4.78, 5) is 12.3. The lowest BCUT2D eigenvalue weighted by atomic mass is 10.1. The van der Waals surface area contributed by atoms with E-state index in [1.165, 1.54) is 0 Å². The lowest BCUT2D eigenvalue weighted by Crippen LogP contribution is -2.18. The van der Waals surface area contributed by atoms with Crippen molar-refractivity contribution in [2.75, 3.05) is 13.2 Å². The van der Waals surface area contributed by atoms with Crippen LogP contribution in [0.5, 0.6) is 11.5 Å². The van der Waals surface area contributed by atoms with Crippen LogP contribution in [0.25, 0.3) is 11.3 Å². The molecule has 0 unspecified atom stereocenters. The fourth-order valence-corrected chi connectivity index (χ4v) is 2.59. The number of ether oxygens (including phenoxy) is 2. The summed E-state index contributed by atoms with van der Waals surface area (Å²) in [5.41, 5.74) is 5.09. The second kappa shape index (κ2) is 9.36. The fourth-order valence-electron chi connectivity index (χ4n) is 2.59. The number of hydrogen-bond donors (Lipinski definition) is 2. The van der Waals surface area contributed by atoms with Gasteiger partial charge in [-0.05, 0) is 44.2 Å². The van der Waals surface area contributed by atoms with Crippen molar-refractivity contribution < 1.29 is 14.3 Å². The van der Waals surface area contributed by atoms with E-state index in [2.05, 4.69) is 20.7 Å². The van der Waals surface area contributed by atoms with Crippen LogP contribution in [-0.2, 0) is 0 Å². The second-order valence-electron chi connectivity index (χ2n) is 5.80. The summed E-state index contributed by atoms with van der Waals surface area (Å²) in [6, 6.07) is 16.7. The normalized spacial score (nSPS) is 10.8. The number of aromatic nitrogens is 2. The highest BCUT2D eigenvalue weighted by Crippen LogP contribution is 2.23. The molecule has 3 rings (SSSR count). The third-order valence-electron chi connectivity index (χ3n) is 3.85. The van der Waals surface area contributed by atoms with Gasteiger partial charge in [-0.1, -0.05) is 24.3 Å². The van der Waals surface area contributed by atoms with Crippen LogP contribution in [0.1, 0.15) is 29.9 Å². The average Bonchev–Trinajstić information content (AvgIpc) is 3.20. The molecule has 1 amide bonds. The molecule has 0 radical (unpaired) electrons. The largest absolute Gasteiger partial charge is 0.494 e. The number of aromatic amines is 1. The Morgan fingerprint density at radius 1 is 1.11 bits per heavy atom. The number of nitrogens with zero attached hydrogens (tertiary/aromatic N) is 2. The number of nitrogens with one attached hydrogen (secondary N) is 2. The van der Waals surface area contributed by atoms with Crippen molar-refractivity contribution in [3.05, 3.63) is 65.9 Å². The van der Waals surface area contributed by atoms with E-state index >= 15 is 0 Å². The van der Waals surface area contributed by atoms with E-state index in [1.807, 2.05) is 62.4 Å². The Labute approximate surface area is 163 Å². The van der Waals surface area contributed by atoms with E-state index < -0.39 is 0 Å². The number of carbonyl (C=O) groups is 1. The maximum Gasteiger partial charge on any atom is 0.289 e. The molecule has 0 spiro atoms. The summed E-state index contributed by atoms with van der Waals surface area (Å²) in [6.07, 6.45) is 1.55. The summed E-state index contributed by atoms with van der Waals surface area (Å²) in [5.74, 6) is 1.08. The minimum Gasteiger partial charge on any atom is -0.494 e. The zero-order valence-electron chi connectivity index (χ0n) is 15.8. The molecule has 7 heteroatoms. The molecule has 0 atom stereocenters. The molecule has 28 heavy (non-hydrogen) atoms. The topological polar surface area (TPSA) is 88.6 Å². The summed E-state index contributed by atoms with van der Waals surface area (Å²) in [6.45, 7) is 4.98. The monoisotopic (exact) mass is 378 g/mol. The van der Waals surface area contributed by atoms with Crippen molar-refractivity contribution in [3.8, 4) is 22.8 Å².